The number of benzene rings is 1. The Balaban J connectivity index is 1.74. The van der Waals surface area contributed by atoms with Gasteiger partial charge < -0.3 is 0 Å². The number of rotatable bonds is 4. The summed E-state index contributed by atoms with van der Waals surface area (Å²) in [6, 6.07) is 7.57. The normalized spacial score (nSPS) is 15.6. The molecule has 2 nitrogen and oxygen atoms in total. The third-order valence-corrected chi connectivity index (χ3v) is 4.36. The zero-order valence-corrected chi connectivity index (χ0v) is 11.4. The lowest BCUT2D eigenvalue weighted by molar-refractivity contribution is 0.112. The van der Waals surface area contributed by atoms with E-state index in [0.29, 0.717) is 11.5 Å². The van der Waals surface area contributed by atoms with Crippen LogP contribution in [0, 0.1) is 0 Å². The lowest BCUT2D eigenvalue weighted by atomic mass is 9.83. The number of nitrogens with zero attached hydrogens (tertiary/aromatic N) is 1. The van der Waals surface area contributed by atoms with Crippen LogP contribution < -0.4 is 0 Å². The van der Waals surface area contributed by atoms with Crippen molar-refractivity contribution in [1.82, 2.24) is 4.98 Å². The van der Waals surface area contributed by atoms with Crippen LogP contribution in [0.25, 0.3) is 12.2 Å². The van der Waals surface area contributed by atoms with E-state index in [1.54, 1.807) is 11.3 Å². The predicted octanol–water partition coefficient (Wildman–Crippen LogP) is 4.39. The monoisotopic (exact) mass is 269 g/mol. The Morgan fingerprint density at radius 3 is 2.79 bits per heavy atom. The Morgan fingerprint density at radius 1 is 1.21 bits per heavy atom. The van der Waals surface area contributed by atoms with Crippen molar-refractivity contribution < 1.29 is 4.79 Å². The van der Waals surface area contributed by atoms with Crippen LogP contribution >= 0.6 is 11.3 Å². The standard InChI is InChI=1S/C16H15NOS/c18-10-13-4-1-3-12(9-13)7-8-16-17-15(11-19-16)14-5-2-6-14/h1,3-4,7-11,14H,2,5-6H2/b8-7+. The molecule has 1 aliphatic rings. The molecule has 96 valence electrons. The van der Waals surface area contributed by atoms with Gasteiger partial charge in [-0.25, -0.2) is 4.98 Å². The zero-order chi connectivity index (χ0) is 13.1. The third-order valence-electron chi connectivity index (χ3n) is 3.53. The minimum atomic E-state index is 0.691. The van der Waals surface area contributed by atoms with Gasteiger partial charge >= 0.3 is 0 Å². The molecule has 3 heteroatoms. The first-order chi connectivity index (χ1) is 9.35. The highest BCUT2D eigenvalue weighted by atomic mass is 32.1. The second-order valence-electron chi connectivity index (χ2n) is 4.86. The summed E-state index contributed by atoms with van der Waals surface area (Å²) in [7, 11) is 0. The SMILES string of the molecule is O=Cc1cccc(/C=C/c2nc(C3CCC3)cs2)c1. The summed E-state index contributed by atoms with van der Waals surface area (Å²) in [5, 5.41) is 3.21. The molecule has 1 fully saturated rings. The van der Waals surface area contributed by atoms with Crippen LogP contribution in [0.2, 0.25) is 0 Å². The molecule has 1 heterocycles. The average molecular weight is 269 g/mol. The lowest BCUT2D eigenvalue weighted by Crippen LogP contribution is -2.08. The van der Waals surface area contributed by atoms with Crippen molar-refractivity contribution in [3.63, 3.8) is 0 Å². The fraction of sp³-hybridized carbons (Fsp3) is 0.250. The Hall–Kier alpha value is -1.74. The maximum Gasteiger partial charge on any atom is 0.150 e. The first-order valence-electron chi connectivity index (χ1n) is 6.54. The topological polar surface area (TPSA) is 30.0 Å². The molecule has 3 rings (SSSR count). The molecule has 0 spiro atoms. The molecule has 1 saturated carbocycles. The molecule has 1 aliphatic carbocycles. The van der Waals surface area contributed by atoms with E-state index in [1.807, 2.05) is 36.4 Å². The summed E-state index contributed by atoms with van der Waals surface area (Å²) in [4.78, 5) is 15.4. The number of thiazole rings is 1. The summed E-state index contributed by atoms with van der Waals surface area (Å²) in [6.45, 7) is 0. The number of aldehydes is 1. The van der Waals surface area contributed by atoms with Gasteiger partial charge in [0.15, 0.2) is 0 Å². The Kier molecular flexibility index (Phi) is 3.56. The average Bonchev–Trinajstić information content (AvgIpc) is 2.83. The van der Waals surface area contributed by atoms with Crippen LogP contribution in [0.5, 0.6) is 0 Å². The van der Waals surface area contributed by atoms with Gasteiger partial charge in [0.1, 0.15) is 11.3 Å². The molecule has 0 atom stereocenters. The van der Waals surface area contributed by atoms with Crippen molar-refractivity contribution in [2.24, 2.45) is 0 Å². The molecule has 0 amide bonds. The minimum Gasteiger partial charge on any atom is -0.298 e. The number of aromatic nitrogens is 1. The fourth-order valence-corrected chi connectivity index (χ4v) is 2.96. The quantitative estimate of drug-likeness (QED) is 0.770. The molecular weight excluding hydrogens is 254 g/mol. The van der Waals surface area contributed by atoms with Gasteiger partial charge in [-0.05, 0) is 30.5 Å². The van der Waals surface area contributed by atoms with E-state index in [2.05, 4.69) is 10.4 Å². The summed E-state index contributed by atoms with van der Waals surface area (Å²) in [5.41, 5.74) is 2.99. The third kappa shape index (κ3) is 2.82. The molecule has 1 aromatic carbocycles. The minimum absolute atomic E-state index is 0.691. The van der Waals surface area contributed by atoms with Crippen LogP contribution in [0.3, 0.4) is 0 Å². The molecule has 19 heavy (non-hydrogen) atoms. The summed E-state index contributed by atoms with van der Waals surface area (Å²) >= 11 is 1.69. The Bertz CT molecular complexity index is 611. The van der Waals surface area contributed by atoms with Gasteiger partial charge in [0, 0.05) is 16.9 Å². The van der Waals surface area contributed by atoms with E-state index in [1.165, 1.54) is 25.0 Å². The van der Waals surface area contributed by atoms with Crippen molar-refractivity contribution in [2.75, 3.05) is 0 Å². The first kappa shape index (κ1) is 12.3. The van der Waals surface area contributed by atoms with Crippen LogP contribution in [-0.4, -0.2) is 11.3 Å². The van der Waals surface area contributed by atoms with Gasteiger partial charge in [-0.1, -0.05) is 30.7 Å². The zero-order valence-electron chi connectivity index (χ0n) is 10.6. The van der Waals surface area contributed by atoms with E-state index in [-0.39, 0.29) is 0 Å². The van der Waals surface area contributed by atoms with E-state index < -0.39 is 0 Å². The van der Waals surface area contributed by atoms with Crippen molar-refractivity contribution in [3.8, 4) is 0 Å². The second-order valence-corrected chi connectivity index (χ2v) is 5.75. The molecule has 1 aromatic heterocycles. The maximum absolute atomic E-state index is 10.7. The Labute approximate surface area is 116 Å². The number of hydrogen-bond acceptors (Lipinski definition) is 3. The van der Waals surface area contributed by atoms with Crippen molar-refractivity contribution in [2.45, 2.75) is 25.2 Å². The van der Waals surface area contributed by atoms with Crippen molar-refractivity contribution in [1.29, 1.82) is 0 Å². The van der Waals surface area contributed by atoms with Gasteiger partial charge in [0.25, 0.3) is 0 Å². The van der Waals surface area contributed by atoms with E-state index in [9.17, 15) is 4.79 Å². The molecule has 0 saturated heterocycles. The van der Waals surface area contributed by atoms with Crippen molar-refractivity contribution in [3.05, 3.63) is 51.5 Å². The van der Waals surface area contributed by atoms with Gasteiger partial charge in [0.05, 0.1) is 5.69 Å². The molecule has 0 unspecified atom stereocenters. The molecule has 0 radical (unpaired) electrons. The van der Waals surface area contributed by atoms with E-state index in [0.717, 1.165) is 16.9 Å². The van der Waals surface area contributed by atoms with Crippen LogP contribution in [0.4, 0.5) is 0 Å². The molecule has 2 aromatic rings. The largest absolute Gasteiger partial charge is 0.298 e. The smallest absolute Gasteiger partial charge is 0.150 e. The number of carbonyl (C=O) groups excluding carboxylic acids is 1. The number of carbonyl (C=O) groups is 1. The molecule has 0 bridgehead atoms. The van der Waals surface area contributed by atoms with Crippen LogP contribution in [0.15, 0.2) is 29.6 Å². The summed E-state index contributed by atoms with van der Waals surface area (Å²) < 4.78 is 0. The van der Waals surface area contributed by atoms with E-state index in [4.69, 9.17) is 0 Å². The Morgan fingerprint density at radius 2 is 2.05 bits per heavy atom. The molecular formula is C16H15NOS. The molecule has 0 aliphatic heterocycles. The summed E-state index contributed by atoms with van der Waals surface area (Å²) in [5.74, 6) is 0.691. The van der Waals surface area contributed by atoms with Gasteiger partial charge in [-0.15, -0.1) is 11.3 Å². The van der Waals surface area contributed by atoms with Gasteiger partial charge in [-0.2, -0.15) is 0 Å². The second kappa shape index (κ2) is 5.49. The van der Waals surface area contributed by atoms with Crippen LogP contribution in [0.1, 0.15) is 51.8 Å². The van der Waals surface area contributed by atoms with Crippen LogP contribution in [-0.2, 0) is 0 Å². The van der Waals surface area contributed by atoms with Gasteiger partial charge in [0.2, 0.25) is 0 Å². The predicted molar refractivity (Wildman–Crippen MR) is 79.5 cm³/mol. The lowest BCUT2D eigenvalue weighted by Gasteiger charge is -2.22. The van der Waals surface area contributed by atoms with E-state index >= 15 is 0 Å². The fourth-order valence-electron chi connectivity index (χ4n) is 2.17. The highest BCUT2D eigenvalue weighted by molar-refractivity contribution is 7.10. The summed E-state index contributed by atoms with van der Waals surface area (Å²) in [6.07, 6.45) is 8.82. The van der Waals surface area contributed by atoms with Crippen molar-refractivity contribution >= 4 is 29.8 Å². The van der Waals surface area contributed by atoms with Gasteiger partial charge in [-0.3, -0.25) is 4.79 Å². The highest BCUT2D eigenvalue weighted by Crippen LogP contribution is 2.36. The first-order valence-corrected chi connectivity index (χ1v) is 7.42. The molecule has 0 N–H and O–H groups in total. The number of hydrogen-bond donors (Lipinski definition) is 0. The highest BCUT2D eigenvalue weighted by Gasteiger charge is 2.21. The maximum atomic E-state index is 10.7.